The monoisotopic (exact) mass is 837 g/mol. The molecule has 63 heavy (non-hydrogen) atoms. The Kier molecular flexibility index (Phi) is 6.23. The highest BCUT2D eigenvalue weighted by atomic mass is 15.4. The van der Waals surface area contributed by atoms with Crippen molar-refractivity contribution in [1.29, 1.82) is 0 Å². The van der Waals surface area contributed by atoms with Crippen molar-refractivity contribution >= 4 is 44.6 Å². The lowest BCUT2D eigenvalue weighted by molar-refractivity contribution is 0.582. The van der Waals surface area contributed by atoms with Gasteiger partial charge in [-0.25, -0.2) is 4.98 Å². The van der Waals surface area contributed by atoms with Crippen LogP contribution in [0.25, 0.3) is 49.9 Å². The first-order valence-electron chi connectivity index (χ1n) is 29.0. The molecule has 0 fully saturated rings. The van der Waals surface area contributed by atoms with Crippen LogP contribution in [-0.2, 0) is 16.2 Å². The maximum Gasteiger partial charge on any atom is 0.137 e. The van der Waals surface area contributed by atoms with Gasteiger partial charge in [0.15, 0.2) is 0 Å². The van der Waals surface area contributed by atoms with E-state index in [2.05, 4.69) is 53.7 Å². The minimum atomic E-state index is -1.06. The summed E-state index contributed by atoms with van der Waals surface area (Å²) in [5.74, 6) is 0.385. The molecule has 0 amide bonds. The quantitative estimate of drug-likeness (QED) is 0.160. The molecule has 0 unspecified atom stereocenters. The van der Waals surface area contributed by atoms with Crippen LogP contribution in [0.5, 0.6) is 0 Å². The van der Waals surface area contributed by atoms with Crippen LogP contribution in [0.4, 0.5) is 22.7 Å². The molecule has 4 nitrogen and oxygen atoms in total. The maximum atomic E-state index is 9.80. The first kappa shape index (κ1) is 25.9. The molecule has 7 aromatic carbocycles. The van der Waals surface area contributed by atoms with Gasteiger partial charge in [0.2, 0.25) is 0 Å². The fourth-order valence-electron chi connectivity index (χ4n) is 8.51. The molecule has 312 valence electrons. The van der Waals surface area contributed by atoms with Crippen LogP contribution < -0.4 is 9.80 Å². The number of anilines is 4. The highest BCUT2D eigenvalue weighted by Crippen LogP contribution is 2.51. The van der Waals surface area contributed by atoms with Crippen LogP contribution in [0.2, 0.25) is 0 Å². The van der Waals surface area contributed by atoms with Crippen LogP contribution >= 0.6 is 0 Å². The summed E-state index contributed by atoms with van der Waals surface area (Å²) in [6.45, 7) is 16.4. The molecule has 0 spiro atoms. The van der Waals surface area contributed by atoms with Gasteiger partial charge in [-0.2, -0.15) is 0 Å². The molecule has 0 saturated heterocycles. The molecule has 3 heterocycles. The van der Waals surface area contributed by atoms with E-state index in [1.807, 2.05) is 66.1 Å². The molecule has 0 aliphatic carbocycles. The van der Waals surface area contributed by atoms with E-state index < -0.39 is 83.3 Å². The molecular formula is C59H56N4. The number of hydrogen-bond donors (Lipinski definition) is 0. The summed E-state index contributed by atoms with van der Waals surface area (Å²) in [7, 11) is 0. The third kappa shape index (κ3) is 7.08. The number of aromatic nitrogens is 2. The average molecular weight is 837 g/mol. The second-order valence-corrected chi connectivity index (χ2v) is 18.6. The molecule has 4 heteroatoms. The minimum absolute atomic E-state index is 0.0162. The lowest BCUT2D eigenvalue weighted by Crippen LogP contribution is -2.27. The van der Waals surface area contributed by atoms with E-state index >= 15 is 0 Å². The SMILES string of the molecule is [2H]c1c([2H])c([2H])c(-c2cccc(-c3c([2H])c([2H])c([2H])c([2H])c3[2H])c2N2CN(c3cc(C(C)(C)C)cc(C(C)(C)c4cc5c(c([2H])c4[2H])c4c([2H])c([2H])c([2H])c([2H])c4n5-c4cc(C(C)(C)C)ccn4)c3)c3ccccc32)c([2H])c1[2H]. The zero-order valence-electron chi connectivity index (χ0n) is 52.6. The molecule has 0 atom stereocenters. The number of para-hydroxylation sites is 4. The normalized spacial score (nSPS) is 16.8. The summed E-state index contributed by atoms with van der Waals surface area (Å²) in [6, 6.07) is 16.7. The molecular weight excluding hydrogens is 765 g/mol. The van der Waals surface area contributed by atoms with E-state index in [-0.39, 0.29) is 80.5 Å². The summed E-state index contributed by atoms with van der Waals surface area (Å²) >= 11 is 0. The number of pyridine rings is 1. The van der Waals surface area contributed by atoms with E-state index in [1.165, 1.54) is 0 Å². The standard InChI is InChI=1S/C59H56N4/c1-57(2,3)42-32-33-60-55(38-42)63-51-27-16-15-24-49(51)50-31-30-43(37-54(50)63)59(7,8)45-34-44(58(4,5)6)35-46(36-45)61-39-62(53-29-18-17-28-52(53)61)56-47(40-20-11-9-12-21-40)25-19-26-48(56)41-22-13-10-14-23-41/h9-38H,39H2,1-8H3/i9D,10D,11D,12D,13D,14D,15D,16D,20D,21D,22D,23D,24D,27D,30D,31D. The Morgan fingerprint density at radius 2 is 1.08 bits per heavy atom. The first-order chi connectivity index (χ1) is 36.9. The summed E-state index contributed by atoms with van der Waals surface area (Å²) in [6.07, 6.45) is 1.66. The van der Waals surface area contributed by atoms with Crippen LogP contribution in [0, 0.1) is 0 Å². The second kappa shape index (κ2) is 15.2. The summed E-state index contributed by atoms with van der Waals surface area (Å²) in [5, 5.41) is 0.309. The number of fused-ring (bicyclic) bond motifs is 4. The molecule has 0 saturated carbocycles. The Labute approximate surface area is 395 Å². The lowest BCUT2D eigenvalue weighted by Gasteiger charge is -2.32. The molecule has 2 aromatic heterocycles. The van der Waals surface area contributed by atoms with Gasteiger partial charge in [0.1, 0.15) is 12.5 Å². The molecule has 10 rings (SSSR count). The van der Waals surface area contributed by atoms with Crippen molar-refractivity contribution in [2.75, 3.05) is 16.5 Å². The van der Waals surface area contributed by atoms with Crippen LogP contribution in [0.3, 0.4) is 0 Å². The number of benzene rings is 7. The third-order valence-corrected chi connectivity index (χ3v) is 12.2. The van der Waals surface area contributed by atoms with Gasteiger partial charge in [0, 0.05) is 39.2 Å². The van der Waals surface area contributed by atoms with Gasteiger partial charge in [0.25, 0.3) is 0 Å². The Morgan fingerprint density at radius 1 is 0.492 bits per heavy atom. The Hall–Kier alpha value is -6.91. The number of rotatable bonds is 7. The molecule has 0 N–H and O–H groups in total. The van der Waals surface area contributed by atoms with Crippen molar-refractivity contribution in [2.24, 2.45) is 0 Å². The van der Waals surface area contributed by atoms with Gasteiger partial charge >= 0.3 is 0 Å². The van der Waals surface area contributed by atoms with E-state index in [1.54, 1.807) is 35.0 Å². The van der Waals surface area contributed by atoms with Crippen molar-refractivity contribution in [3.63, 3.8) is 0 Å². The average Bonchev–Trinajstić information content (AvgIpc) is 4.00. The molecule has 9 aromatic rings. The van der Waals surface area contributed by atoms with Gasteiger partial charge < -0.3 is 9.80 Å². The van der Waals surface area contributed by atoms with Gasteiger partial charge in [-0.1, -0.05) is 182 Å². The molecule has 1 aliphatic heterocycles. The van der Waals surface area contributed by atoms with Crippen molar-refractivity contribution in [2.45, 2.75) is 71.6 Å². The predicted molar refractivity (Wildman–Crippen MR) is 267 cm³/mol. The van der Waals surface area contributed by atoms with Crippen molar-refractivity contribution in [3.05, 3.63) is 204 Å². The van der Waals surface area contributed by atoms with Crippen LogP contribution in [0.1, 0.15) is 99.6 Å². The first-order valence-corrected chi connectivity index (χ1v) is 21.0. The van der Waals surface area contributed by atoms with Gasteiger partial charge in [0.05, 0.1) is 50.0 Å². The topological polar surface area (TPSA) is 24.3 Å². The smallest absolute Gasteiger partial charge is 0.137 e. The molecule has 1 aliphatic rings. The summed E-state index contributed by atoms with van der Waals surface area (Å²) < 4.78 is 145. The number of hydrogen-bond acceptors (Lipinski definition) is 3. The fraction of sp³-hybridized carbons (Fsp3) is 0.203. The predicted octanol–water partition coefficient (Wildman–Crippen LogP) is 15.7. The van der Waals surface area contributed by atoms with E-state index in [4.69, 9.17) is 22.8 Å². The fourth-order valence-corrected chi connectivity index (χ4v) is 8.51. The Balaban J connectivity index is 1.22. The van der Waals surface area contributed by atoms with Crippen molar-refractivity contribution in [3.8, 4) is 28.1 Å². The highest BCUT2D eigenvalue weighted by molar-refractivity contribution is 6.09. The highest BCUT2D eigenvalue weighted by Gasteiger charge is 2.34. The Bertz CT molecular complexity index is 3950. The molecule has 0 bridgehead atoms. The van der Waals surface area contributed by atoms with E-state index in [0.29, 0.717) is 34.0 Å². The largest absolute Gasteiger partial charge is 0.321 e. The molecule has 0 radical (unpaired) electrons. The van der Waals surface area contributed by atoms with E-state index in [9.17, 15) is 4.11 Å². The second-order valence-electron chi connectivity index (χ2n) is 18.6. The maximum absolute atomic E-state index is 9.80. The zero-order chi connectivity index (χ0) is 57.6. The number of nitrogens with zero attached hydrogens (tertiary/aromatic N) is 4. The van der Waals surface area contributed by atoms with Gasteiger partial charge in [-0.15, -0.1) is 0 Å². The van der Waals surface area contributed by atoms with Crippen LogP contribution in [0.15, 0.2) is 182 Å². The third-order valence-electron chi connectivity index (χ3n) is 12.2. The lowest BCUT2D eigenvalue weighted by atomic mass is 9.75. The van der Waals surface area contributed by atoms with Gasteiger partial charge in [-0.05, 0) is 92.7 Å². The summed E-state index contributed by atoms with van der Waals surface area (Å²) in [4.78, 5) is 8.66. The van der Waals surface area contributed by atoms with E-state index in [0.717, 1.165) is 16.7 Å². The van der Waals surface area contributed by atoms with Crippen molar-refractivity contribution in [1.82, 2.24) is 9.55 Å². The van der Waals surface area contributed by atoms with Crippen molar-refractivity contribution < 1.29 is 21.9 Å². The zero-order valence-corrected chi connectivity index (χ0v) is 36.6. The minimum Gasteiger partial charge on any atom is -0.321 e. The Morgan fingerprint density at radius 3 is 1.73 bits per heavy atom. The summed E-state index contributed by atoms with van der Waals surface area (Å²) in [5.41, 5.74) is 3.94. The van der Waals surface area contributed by atoms with Crippen LogP contribution in [-0.4, -0.2) is 16.2 Å². The van der Waals surface area contributed by atoms with Gasteiger partial charge in [-0.3, -0.25) is 4.57 Å².